The first-order valence-corrected chi connectivity index (χ1v) is 18.7. The number of piperidine rings is 1. The lowest BCUT2D eigenvalue weighted by molar-refractivity contribution is -0.0198. The van der Waals surface area contributed by atoms with Crippen LogP contribution in [0.25, 0.3) is 16.5 Å². The van der Waals surface area contributed by atoms with Crippen molar-refractivity contribution in [3.63, 3.8) is 0 Å². The summed E-state index contributed by atoms with van der Waals surface area (Å²) in [7, 11) is 1.00. The van der Waals surface area contributed by atoms with Crippen LogP contribution in [0.2, 0.25) is 0 Å². The van der Waals surface area contributed by atoms with Gasteiger partial charge in [0.2, 0.25) is 0 Å². The topological polar surface area (TPSA) is 113 Å². The quantitative estimate of drug-likeness (QED) is 0.222. The molecule has 2 saturated heterocycles. The number of hydrogen-bond donors (Lipinski definition) is 3. The summed E-state index contributed by atoms with van der Waals surface area (Å²) in [6.45, 7) is 13.9. The van der Waals surface area contributed by atoms with E-state index >= 15 is 8.78 Å². The first-order valence-electron chi connectivity index (χ1n) is 18.7. The molecule has 2 aromatic rings. The van der Waals surface area contributed by atoms with Crippen LogP contribution in [0, 0.1) is 34.9 Å². The monoisotopic (exact) mass is 729 g/mol. The Morgan fingerprint density at radius 1 is 1.13 bits per heavy atom. The number of rotatable bonds is 7. The Bertz CT molecular complexity index is 1900. The van der Waals surface area contributed by atoms with Gasteiger partial charge in [-0.2, -0.15) is 0 Å². The molecule has 5 aliphatic rings. The highest BCUT2D eigenvalue weighted by atomic mass is 19.1. The average molecular weight is 730 g/mol. The number of aliphatic hydroxyl groups excluding tert-OH is 1. The van der Waals surface area contributed by atoms with Gasteiger partial charge < -0.3 is 25.0 Å². The van der Waals surface area contributed by atoms with Crippen molar-refractivity contribution in [3.8, 4) is 18.1 Å². The number of phenols is 1. The van der Waals surface area contributed by atoms with Crippen molar-refractivity contribution in [1.29, 1.82) is 0 Å². The summed E-state index contributed by atoms with van der Waals surface area (Å²) >= 11 is 0. The zero-order chi connectivity index (χ0) is 38.1. The highest BCUT2D eigenvalue weighted by Gasteiger charge is 2.49. The minimum atomic E-state index is -1.18. The van der Waals surface area contributed by atoms with Crippen molar-refractivity contribution in [3.05, 3.63) is 58.4 Å². The van der Waals surface area contributed by atoms with Gasteiger partial charge in [-0.15, -0.1) is 6.42 Å². The lowest BCUT2D eigenvalue weighted by Gasteiger charge is -2.50. The van der Waals surface area contributed by atoms with Crippen molar-refractivity contribution < 1.29 is 28.8 Å². The lowest BCUT2D eigenvalue weighted by atomic mass is 9.64. The Hall–Kier alpha value is -3.95. The molecule has 0 aromatic heterocycles. The number of allylic oxidation sites excluding steroid dienone is 2. The Kier molecular flexibility index (Phi) is 11.3. The molecule has 284 valence electrons. The number of ether oxygens (including phenoxy) is 1. The van der Waals surface area contributed by atoms with E-state index in [4.69, 9.17) is 21.3 Å². The van der Waals surface area contributed by atoms with E-state index in [0.29, 0.717) is 53.9 Å². The fourth-order valence-corrected chi connectivity index (χ4v) is 9.73. The molecule has 53 heavy (non-hydrogen) atoms. The van der Waals surface area contributed by atoms with Crippen LogP contribution in [0.1, 0.15) is 76.8 Å². The molecule has 4 fully saturated rings. The molecule has 3 heterocycles. The van der Waals surface area contributed by atoms with Gasteiger partial charge in [0.05, 0.1) is 30.9 Å². The summed E-state index contributed by atoms with van der Waals surface area (Å²) < 4.78 is 38.1. The molecular weight excluding hydrogens is 676 g/mol. The van der Waals surface area contributed by atoms with Crippen molar-refractivity contribution in [1.82, 2.24) is 9.80 Å². The Morgan fingerprint density at radius 3 is 2.60 bits per heavy atom. The van der Waals surface area contributed by atoms with E-state index in [1.807, 2.05) is 4.90 Å². The summed E-state index contributed by atoms with van der Waals surface area (Å²) in [5, 5.41) is 29.5. The first-order chi connectivity index (χ1) is 25.3. The number of likely N-dealkylation sites (tertiary alicyclic amines) is 1. The number of aliphatic hydroxyl groups is 2. The molecule has 2 aromatic carbocycles. The normalized spacial score (nSPS) is 29.2. The molecular formula is C42H53F2N5O4. The molecule has 3 aliphatic heterocycles. The van der Waals surface area contributed by atoms with Gasteiger partial charge in [-0.25, -0.2) is 13.8 Å². The second kappa shape index (κ2) is 15.4. The fourth-order valence-electron chi connectivity index (χ4n) is 9.73. The molecule has 0 radical (unpaired) electrons. The third kappa shape index (κ3) is 7.70. The number of benzene rings is 2. The molecule has 3 unspecified atom stereocenters. The number of halogens is 2. The van der Waals surface area contributed by atoms with E-state index in [0.717, 1.165) is 52.3 Å². The van der Waals surface area contributed by atoms with Gasteiger partial charge in [0, 0.05) is 55.4 Å². The summed E-state index contributed by atoms with van der Waals surface area (Å²) in [5.74, 6) is 1.99. The minimum absolute atomic E-state index is 0.0390. The number of aromatic hydroxyl groups is 1. The third-order valence-electron chi connectivity index (χ3n) is 11.7. The summed E-state index contributed by atoms with van der Waals surface area (Å²) in [6.07, 6.45) is 15.1. The van der Waals surface area contributed by atoms with E-state index in [-0.39, 0.29) is 52.2 Å². The molecule has 9 nitrogen and oxygen atoms in total. The maximum Gasteiger partial charge on any atom is 0.175 e. The van der Waals surface area contributed by atoms with Gasteiger partial charge in [-0.3, -0.25) is 14.9 Å². The van der Waals surface area contributed by atoms with Crippen molar-refractivity contribution in [2.24, 2.45) is 31.7 Å². The van der Waals surface area contributed by atoms with Crippen LogP contribution in [0.15, 0.2) is 56.5 Å². The van der Waals surface area contributed by atoms with Crippen LogP contribution in [0.5, 0.6) is 5.75 Å². The maximum atomic E-state index is 17.4. The molecule has 2 saturated carbocycles. The summed E-state index contributed by atoms with van der Waals surface area (Å²) in [5.41, 5.74) is -0.415. The van der Waals surface area contributed by atoms with Crippen molar-refractivity contribution in [2.45, 2.75) is 77.4 Å². The molecule has 7 rings (SSSR count). The summed E-state index contributed by atoms with van der Waals surface area (Å²) in [4.78, 5) is 18.6. The Morgan fingerprint density at radius 2 is 1.89 bits per heavy atom. The van der Waals surface area contributed by atoms with E-state index < -0.39 is 17.2 Å². The van der Waals surface area contributed by atoms with Crippen LogP contribution >= 0.6 is 0 Å². The number of terminal acetylenes is 1. The fraction of sp³-hybridized carbons (Fsp3) is 0.548. The Balaban J connectivity index is 0.00000236. The average Bonchev–Trinajstić information content (AvgIpc) is 3.46. The van der Waals surface area contributed by atoms with Gasteiger partial charge in [0.15, 0.2) is 5.83 Å². The standard InChI is InChI=1S/C41H49F2N5O3.CH4O/c1-6-29-32(42)11-10-27-17-28(49)18-30(34(27)29)36-35(43)37(31(21-45-36)38(44-5)48-15-16-51-25-40(4,50)24-48)46-23-41-12-7-9-33(41)47(14-8-13-41)22-26-19-39(2,3)20-26;1-2/h1,10-11,17-18,21,26,33,49-50H,5,7-9,12-16,19-20,22-25H2,2-4H3;2H,1H3/b38-31+,46-37?;. The van der Waals surface area contributed by atoms with E-state index in [1.165, 1.54) is 43.3 Å². The molecule has 3 N–H and O–H groups in total. The molecule has 2 aliphatic carbocycles. The zero-order valence-corrected chi connectivity index (χ0v) is 31.5. The highest BCUT2D eigenvalue weighted by molar-refractivity contribution is 6.29. The Labute approximate surface area is 311 Å². The number of nitrogens with zero attached hydrogens (tertiary/aromatic N) is 5. The summed E-state index contributed by atoms with van der Waals surface area (Å²) in [6, 6.07) is 5.95. The number of phenolic OH excluding ortho intramolecular Hbond substituents is 1. The maximum absolute atomic E-state index is 17.4. The molecule has 0 bridgehead atoms. The largest absolute Gasteiger partial charge is 0.508 e. The van der Waals surface area contributed by atoms with Gasteiger partial charge in [0.1, 0.15) is 34.4 Å². The molecule has 0 amide bonds. The van der Waals surface area contributed by atoms with Crippen LogP contribution in [-0.2, 0) is 4.74 Å². The van der Waals surface area contributed by atoms with Gasteiger partial charge in [0.25, 0.3) is 0 Å². The molecule has 3 atom stereocenters. The lowest BCUT2D eigenvalue weighted by Crippen LogP contribution is -2.53. The molecule has 11 heteroatoms. The first kappa shape index (κ1) is 38.8. The van der Waals surface area contributed by atoms with Crippen molar-refractivity contribution in [2.75, 3.05) is 53.0 Å². The van der Waals surface area contributed by atoms with Crippen LogP contribution in [0.4, 0.5) is 8.78 Å². The molecule has 0 spiro atoms. The van der Waals surface area contributed by atoms with E-state index in [9.17, 15) is 10.2 Å². The smallest absolute Gasteiger partial charge is 0.175 e. The third-order valence-corrected chi connectivity index (χ3v) is 11.7. The van der Waals surface area contributed by atoms with E-state index in [1.54, 1.807) is 6.92 Å². The predicted octanol–water partition coefficient (Wildman–Crippen LogP) is 6.50. The number of hydrogen-bond acceptors (Lipinski definition) is 9. The van der Waals surface area contributed by atoms with E-state index in [2.05, 4.69) is 41.4 Å². The van der Waals surface area contributed by atoms with Crippen LogP contribution in [0.3, 0.4) is 0 Å². The second-order valence-corrected chi connectivity index (χ2v) is 16.4. The zero-order valence-electron chi connectivity index (χ0n) is 31.5. The van der Waals surface area contributed by atoms with Gasteiger partial charge in [-0.1, -0.05) is 32.3 Å². The van der Waals surface area contributed by atoms with Crippen molar-refractivity contribution >= 4 is 35.1 Å². The van der Waals surface area contributed by atoms with Crippen LogP contribution < -0.4 is 0 Å². The van der Waals surface area contributed by atoms with Crippen LogP contribution in [-0.4, -0.2) is 108 Å². The predicted molar refractivity (Wildman–Crippen MR) is 207 cm³/mol. The number of β-amino-alcohol motifs (C(OH)–C–C–N with tert-alkyl or cyclic N) is 1. The SMILES string of the molecule is C#Cc1c(F)ccc2cc(O)cc(C3=C(F)C(=NCC45CCCC4N(CC4CC(C)(C)C4)CCC5)/C(=C(\N=C)N4CCOCC(C)(O)C4)C=N3)c12.CO. The van der Waals surface area contributed by atoms with Gasteiger partial charge in [-0.05, 0) is 93.6 Å². The number of fused-ring (bicyclic) bond motifs is 2. The van der Waals surface area contributed by atoms with Gasteiger partial charge >= 0.3 is 0 Å². The number of aliphatic imine (C=N–C) groups is 3. The second-order valence-electron chi connectivity index (χ2n) is 16.4. The highest BCUT2D eigenvalue weighted by Crippen LogP contribution is 2.51. The minimum Gasteiger partial charge on any atom is -0.508 e.